The third-order valence-electron chi connectivity index (χ3n) is 3.12. The quantitative estimate of drug-likeness (QED) is 0.433. The van der Waals surface area contributed by atoms with Crippen LogP contribution in [0.15, 0.2) is 0 Å². The molecule has 19 heavy (non-hydrogen) atoms. The zero-order valence-electron chi connectivity index (χ0n) is 14.3. The number of rotatable bonds is 6. The van der Waals surface area contributed by atoms with E-state index >= 15 is 0 Å². The highest BCUT2D eigenvalue weighted by Gasteiger charge is 2.24. The molecule has 2 unspecified atom stereocenters. The second kappa shape index (κ2) is 7.32. The van der Waals surface area contributed by atoms with E-state index in [0.717, 1.165) is 12.3 Å². The summed E-state index contributed by atoms with van der Waals surface area (Å²) in [5, 5.41) is -1.45. The first-order chi connectivity index (χ1) is 8.20. The molecule has 0 aromatic heterocycles. The molecule has 0 amide bonds. The van der Waals surface area contributed by atoms with E-state index < -0.39 is 5.24 Å². The third kappa shape index (κ3) is 12.5. The van der Waals surface area contributed by atoms with Gasteiger partial charge in [0.25, 0.3) is 0 Å². The summed E-state index contributed by atoms with van der Waals surface area (Å²) in [6, 6.07) is 0. The number of thiol groups is 1. The van der Waals surface area contributed by atoms with E-state index in [0.29, 0.717) is 22.7 Å². The van der Waals surface area contributed by atoms with Crippen molar-refractivity contribution in [2.75, 3.05) is 12.3 Å². The average molecular weight is 323 g/mol. The summed E-state index contributed by atoms with van der Waals surface area (Å²) in [6.45, 7) is 18.6. The van der Waals surface area contributed by atoms with Crippen LogP contribution in [0.3, 0.4) is 0 Å². The van der Waals surface area contributed by atoms with Gasteiger partial charge in [0.2, 0.25) is 0 Å². The van der Waals surface area contributed by atoms with Gasteiger partial charge < -0.3 is 0 Å². The standard InChI is InChI=1S/C16H35PS2/c1-13(9-15(3,4)5)11-17(18,19)12-14(2)10-16(6,7)8/h13-14H,9-12H2,1-8H3,(H,18,19). The molecule has 0 saturated carbocycles. The summed E-state index contributed by atoms with van der Waals surface area (Å²) in [5.74, 6) is 1.40. The van der Waals surface area contributed by atoms with Crippen LogP contribution in [0, 0.1) is 22.7 Å². The molecule has 0 saturated heterocycles. The summed E-state index contributed by atoms with van der Waals surface area (Å²) < 4.78 is 0. The zero-order chi connectivity index (χ0) is 15.5. The van der Waals surface area contributed by atoms with Gasteiger partial charge in [-0.15, -0.1) is 12.2 Å². The molecule has 0 spiro atoms. The summed E-state index contributed by atoms with van der Waals surface area (Å²) >= 11 is 10.7. The third-order valence-corrected chi connectivity index (χ3v) is 7.38. The predicted molar refractivity (Wildman–Crippen MR) is 99.5 cm³/mol. The first-order valence-electron chi connectivity index (χ1n) is 7.51. The van der Waals surface area contributed by atoms with Crippen LogP contribution >= 0.6 is 17.5 Å². The lowest BCUT2D eigenvalue weighted by Crippen LogP contribution is -2.17. The van der Waals surface area contributed by atoms with Gasteiger partial charge in [0.1, 0.15) is 0 Å². The topological polar surface area (TPSA) is 0 Å². The lowest BCUT2D eigenvalue weighted by molar-refractivity contribution is 0.319. The highest BCUT2D eigenvalue weighted by atomic mass is 32.9. The highest BCUT2D eigenvalue weighted by molar-refractivity contribution is 8.63. The van der Waals surface area contributed by atoms with E-state index in [1.807, 2.05) is 0 Å². The molecular weight excluding hydrogens is 287 g/mol. The van der Waals surface area contributed by atoms with E-state index in [4.69, 9.17) is 24.1 Å². The average Bonchev–Trinajstić information content (AvgIpc) is 1.89. The van der Waals surface area contributed by atoms with Crippen molar-refractivity contribution in [3.8, 4) is 0 Å². The molecular formula is C16H35PS2. The van der Waals surface area contributed by atoms with Gasteiger partial charge >= 0.3 is 0 Å². The van der Waals surface area contributed by atoms with Crippen LogP contribution in [0.2, 0.25) is 0 Å². The molecule has 0 radical (unpaired) electrons. The number of hydrogen-bond acceptors (Lipinski definition) is 1. The molecule has 0 rings (SSSR count). The van der Waals surface area contributed by atoms with Crippen LogP contribution in [0.5, 0.6) is 0 Å². The van der Waals surface area contributed by atoms with E-state index in [9.17, 15) is 0 Å². The molecule has 0 fully saturated rings. The van der Waals surface area contributed by atoms with Crippen LogP contribution in [-0.2, 0) is 11.8 Å². The molecule has 0 aromatic rings. The van der Waals surface area contributed by atoms with Gasteiger partial charge in [0.15, 0.2) is 0 Å². The molecule has 0 aliphatic heterocycles. The molecule has 2 atom stereocenters. The maximum absolute atomic E-state index is 5.85. The highest BCUT2D eigenvalue weighted by Crippen LogP contribution is 2.55. The Morgan fingerprint density at radius 1 is 0.842 bits per heavy atom. The van der Waals surface area contributed by atoms with Crippen LogP contribution in [-0.4, -0.2) is 12.3 Å². The van der Waals surface area contributed by atoms with E-state index in [1.54, 1.807) is 0 Å². The summed E-state index contributed by atoms with van der Waals surface area (Å²) in [7, 11) is 0. The molecule has 0 aliphatic carbocycles. The molecule has 116 valence electrons. The fraction of sp³-hybridized carbons (Fsp3) is 1.00. The van der Waals surface area contributed by atoms with Crippen molar-refractivity contribution in [2.24, 2.45) is 22.7 Å². The molecule has 0 nitrogen and oxygen atoms in total. The van der Waals surface area contributed by atoms with Gasteiger partial charge in [0.05, 0.1) is 0 Å². The van der Waals surface area contributed by atoms with Gasteiger partial charge in [-0.25, -0.2) is 0 Å². The Hall–Kier alpha value is 1.00. The Kier molecular flexibility index (Phi) is 7.71. The van der Waals surface area contributed by atoms with Crippen LogP contribution in [0.4, 0.5) is 0 Å². The molecule has 0 bridgehead atoms. The number of hydrogen-bond donors (Lipinski definition) is 1. The molecule has 0 heterocycles. The second-order valence-electron chi connectivity index (χ2n) is 8.95. The minimum absolute atomic E-state index is 0.402. The van der Waals surface area contributed by atoms with Gasteiger partial charge in [-0.3, -0.25) is 0 Å². The smallest absolute Gasteiger partial charge is 0.00395 e. The maximum atomic E-state index is 5.85. The predicted octanol–water partition coefficient (Wildman–Crippen LogP) is 6.46. The van der Waals surface area contributed by atoms with E-state index in [2.05, 4.69) is 55.4 Å². The van der Waals surface area contributed by atoms with Crippen molar-refractivity contribution < 1.29 is 0 Å². The summed E-state index contributed by atoms with van der Waals surface area (Å²) in [5.41, 5.74) is 0.805. The Morgan fingerprint density at radius 2 is 1.11 bits per heavy atom. The van der Waals surface area contributed by atoms with Gasteiger partial charge in [-0.1, -0.05) is 67.2 Å². The van der Waals surface area contributed by atoms with Crippen LogP contribution in [0.25, 0.3) is 0 Å². The largest absolute Gasteiger partial charge is 0.141 e. The zero-order valence-corrected chi connectivity index (χ0v) is 16.9. The lowest BCUT2D eigenvalue weighted by Gasteiger charge is -2.30. The van der Waals surface area contributed by atoms with E-state index in [-0.39, 0.29) is 0 Å². The van der Waals surface area contributed by atoms with Crippen molar-refractivity contribution in [3.63, 3.8) is 0 Å². The lowest BCUT2D eigenvalue weighted by atomic mass is 9.86. The second-order valence-corrected chi connectivity index (χ2v) is 16.6. The minimum atomic E-state index is -1.45. The van der Waals surface area contributed by atoms with Crippen molar-refractivity contribution in [2.45, 2.75) is 68.2 Å². The van der Waals surface area contributed by atoms with Crippen LogP contribution < -0.4 is 0 Å². The summed E-state index contributed by atoms with van der Waals surface area (Å²) in [6.07, 6.45) is 4.80. The molecule has 3 heteroatoms. The van der Waals surface area contributed by atoms with Crippen LogP contribution in [0.1, 0.15) is 68.2 Å². The van der Waals surface area contributed by atoms with Gasteiger partial charge in [0, 0.05) is 5.24 Å². The van der Waals surface area contributed by atoms with Gasteiger partial charge in [-0.2, -0.15) is 0 Å². The Labute approximate surface area is 132 Å². The van der Waals surface area contributed by atoms with Crippen molar-refractivity contribution in [1.82, 2.24) is 0 Å². The first-order valence-corrected chi connectivity index (χ1v) is 11.8. The Morgan fingerprint density at radius 3 is 1.32 bits per heavy atom. The normalized spacial score (nSPS) is 19.8. The molecule has 0 N–H and O–H groups in total. The monoisotopic (exact) mass is 322 g/mol. The molecule has 0 aliphatic rings. The Balaban J connectivity index is 4.36. The maximum Gasteiger partial charge on any atom is 0.00395 e. The van der Waals surface area contributed by atoms with Gasteiger partial charge in [-0.05, 0) is 47.8 Å². The fourth-order valence-corrected chi connectivity index (χ4v) is 8.82. The van der Waals surface area contributed by atoms with Crippen molar-refractivity contribution in [1.29, 1.82) is 0 Å². The fourth-order valence-electron chi connectivity index (χ4n) is 3.27. The van der Waals surface area contributed by atoms with Crippen molar-refractivity contribution in [3.05, 3.63) is 0 Å². The first kappa shape index (κ1) is 20.0. The Bertz CT molecular complexity index is 282. The van der Waals surface area contributed by atoms with E-state index in [1.165, 1.54) is 12.8 Å². The SMILES string of the molecule is CC(CC(C)(C)C)CP(=S)(S)CC(C)CC(C)(C)C. The van der Waals surface area contributed by atoms with Crippen molar-refractivity contribution >= 4 is 29.3 Å². The summed E-state index contributed by atoms with van der Waals surface area (Å²) in [4.78, 5) is 0. The minimum Gasteiger partial charge on any atom is -0.141 e. The molecule has 0 aromatic carbocycles.